The van der Waals surface area contributed by atoms with Gasteiger partial charge < -0.3 is 5.32 Å². The minimum Gasteiger partial charge on any atom is -0.359 e. The van der Waals surface area contributed by atoms with Gasteiger partial charge in [0.15, 0.2) is 5.17 Å². The Kier molecular flexibility index (Phi) is 4.58. The van der Waals surface area contributed by atoms with E-state index in [1.165, 1.54) is 12.8 Å². The summed E-state index contributed by atoms with van der Waals surface area (Å²) < 4.78 is 0. The molecule has 0 saturated carbocycles. The van der Waals surface area contributed by atoms with Gasteiger partial charge in [-0.05, 0) is 30.4 Å². The molecule has 0 aromatic carbocycles. The molecule has 0 saturated heterocycles. The zero-order chi connectivity index (χ0) is 12.8. The van der Waals surface area contributed by atoms with Crippen molar-refractivity contribution >= 4 is 16.9 Å². The van der Waals surface area contributed by atoms with Crippen LogP contribution in [-0.4, -0.2) is 27.7 Å². The van der Waals surface area contributed by atoms with Crippen LogP contribution in [0.2, 0.25) is 0 Å². The van der Waals surface area contributed by atoms with E-state index in [0.29, 0.717) is 12.0 Å². The number of hydrogen-bond donors (Lipinski definition) is 1. The lowest BCUT2D eigenvalue weighted by molar-refractivity contribution is 0.318. The molecule has 4 nitrogen and oxygen atoms in total. The lowest BCUT2D eigenvalue weighted by Crippen LogP contribution is -2.34. The molecule has 0 unspecified atom stereocenters. The third-order valence-electron chi connectivity index (χ3n) is 3.62. The van der Waals surface area contributed by atoms with Crippen LogP contribution < -0.4 is 5.32 Å². The van der Waals surface area contributed by atoms with E-state index < -0.39 is 0 Å². The zero-order valence-electron chi connectivity index (χ0n) is 11.0. The van der Waals surface area contributed by atoms with Gasteiger partial charge in [0.1, 0.15) is 0 Å². The van der Waals surface area contributed by atoms with Crippen molar-refractivity contribution < 1.29 is 0 Å². The third kappa shape index (κ3) is 3.22. The maximum Gasteiger partial charge on any atom is 0.156 e. The lowest BCUT2D eigenvalue weighted by atomic mass is 9.84. The second-order valence-corrected chi connectivity index (χ2v) is 5.65. The molecule has 2 heterocycles. The first-order chi connectivity index (χ1) is 8.78. The van der Waals surface area contributed by atoms with Gasteiger partial charge in [0, 0.05) is 18.5 Å². The van der Waals surface area contributed by atoms with Crippen molar-refractivity contribution in [1.29, 1.82) is 0 Å². The van der Waals surface area contributed by atoms with E-state index in [1.54, 1.807) is 6.20 Å². The molecule has 2 rings (SSSR count). The van der Waals surface area contributed by atoms with Crippen molar-refractivity contribution in [3.05, 3.63) is 24.0 Å². The van der Waals surface area contributed by atoms with Crippen molar-refractivity contribution in [2.75, 3.05) is 12.3 Å². The molecule has 1 aromatic rings. The molecular formula is C13H20N4S. The van der Waals surface area contributed by atoms with Gasteiger partial charge in [-0.15, -0.1) is 0 Å². The Hall–Kier alpha value is -1.10. The maximum absolute atomic E-state index is 4.66. The highest BCUT2D eigenvalue weighted by molar-refractivity contribution is 8.13. The maximum atomic E-state index is 4.66. The Labute approximate surface area is 113 Å². The van der Waals surface area contributed by atoms with Gasteiger partial charge in [-0.3, -0.25) is 4.99 Å². The number of thioether (sulfide) groups is 1. The first-order valence-electron chi connectivity index (χ1n) is 6.46. The van der Waals surface area contributed by atoms with Crippen LogP contribution in [0.4, 0.5) is 0 Å². The molecule has 5 heteroatoms. The monoisotopic (exact) mass is 264 g/mol. The van der Waals surface area contributed by atoms with E-state index >= 15 is 0 Å². The number of aliphatic imine (C=N–C) groups is 1. The van der Waals surface area contributed by atoms with Gasteiger partial charge in [0.2, 0.25) is 0 Å². The second kappa shape index (κ2) is 6.18. The van der Waals surface area contributed by atoms with Crippen molar-refractivity contribution in [2.24, 2.45) is 10.4 Å². The Morgan fingerprint density at radius 3 is 2.78 bits per heavy atom. The SMILES string of the molecule is CCC1(CC)CN=C(NCc2cccnn2)SC1. The highest BCUT2D eigenvalue weighted by Gasteiger charge is 2.29. The first-order valence-corrected chi connectivity index (χ1v) is 7.44. The Morgan fingerprint density at radius 2 is 2.22 bits per heavy atom. The molecule has 18 heavy (non-hydrogen) atoms. The fourth-order valence-electron chi connectivity index (χ4n) is 1.93. The van der Waals surface area contributed by atoms with E-state index in [-0.39, 0.29) is 0 Å². The minimum atomic E-state index is 0.405. The molecular weight excluding hydrogens is 244 g/mol. The van der Waals surface area contributed by atoms with Crippen LogP contribution in [0.3, 0.4) is 0 Å². The number of nitrogens with zero attached hydrogens (tertiary/aromatic N) is 3. The van der Waals surface area contributed by atoms with Crippen molar-refractivity contribution in [3.8, 4) is 0 Å². The predicted octanol–water partition coefficient (Wildman–Crippen LogP) is 2.48. The van der Waals surface area contributed by atoms with Crippen LogP contribution in [0.1, 0.15) is 32.4 Å². The number of nitrogens with one attached hydrogen (secondary N) is 1. The van der Waals surface area contributed by atoms with Crippen LogP contribution in [0.15, 0.2) is 23.3 Å². The Morgan fingerprint density at radius 1 is 1.39 bits per heavy atom. The van der Waals surface area contributed by atoms with Crippen LogP contribution in [0, 0.1) is 5.41 Å². The summed E-state index contributed by atoms with van der Waals surface area (Å²) in [6.45, 7) is 6.16. The van der Waals surface area contributed by atoms with Crippen LogP contribution in [0.25, 0.3) is 0 Å². The Balaban J connectivity index is 1.87. The van der Waals surface area contributed by atoms with E-state index in [0.717, 1.165) is 23.2 Å². The fourth-order valence-corrected chi connectivity index (χ4v) is 3.20. The molecule has 98 valence electrons. The molecule has 1 aromatic heterocycles. The smallest absolute Gasteiger partial charge is 0.156 e. The minimum absolute atomic E-state index is 0.405. The van der Waals surface area contributed by atoms with Gasteiger partial charge in [0.05, 0.1) is 12.2 Å². The van der Waals surface area contributed by atoms with Crippen LogP contribution in [0.5, 0.6) is 0 Å². The molecule has 0 radical (unpaired) electrons. The number of amidine groups is 1. The largest absolute Gasteiger partial charge is 0.359 e. The molecule has 0 aliphatic carbocycles. The van der Waals surface area contributed by atoms with Crippen molar-refractivity contribution in [2.45, 2.75) is 33.2 Å². The summed E-state index contributed by atoms with van der Waals surface area (Å²) in [6.07, 6.45) is 4.10. The molecule has 0 spiro atoms. The van der Waals surface area contributed by atoms with Crippen molar-refractivity contribution in [1.82, 2.24) is 15.5 Å². The van der Waals surface area contributed by atoms with Crippen molar-refractivity contribution in [3.63, 3.8) is 0 Å². The normalized spacial score (nSPS) is 18.2. The molecule has 0 amide bonds. The summed E-state index contributed by atoms with van der Waals surface area (Å²) in [5, 5.41) is 12.3. The highest BCUT2D eigenvalue weighted by atomic mass is 32.2. The Bertz CT molecular complexity index is 401. The molecule has 0 fully saturated rings. The fraction of sp³-hybridized carbons (Fsp3) is 0.615. The molecule has 1 N–H and O–H groups in total. The summed E-state index contributed by atoms with van der Waals surface area (Å²) in [5.74, 6) is 1.16. The first kappa shape index (κ1) is 13.3. The lowest BCUT2D eigenvalue weighted by Gasteiger charge is -2.33. The summed E-state index contributed by atoms with van der Waals surface area (Å²) in [4.78, 5) is 4.66. The molecule has 0 atom stereocenters. The van der Waals surface area contributed by atoms with Gasteiger partial charge in [-0.1, -0.05) is 25.6 Å². The predicted molar refractivity (Wildman–Crippen MR) is 76.6 cm³/mol. The number of aromatic nitrogens is 2. The average molecular weight is 264 g/mol. The third-order valence-corrected chi connectivity index (χ3v) is 4.92. The highest BCUT2D eigenvalue weighted by Crippen LogP contribution is 2.34. The quantitative estimate of drug-likeness (QED) is 0.907. The van der Waals surface area contributed by atoms with E-state index in [1.807, 2.05) is 23.9 Å². The van der Waals surface area contributed by atoms with E-state index in [2.05, 4.69) is 34.4 Å². The summed E-state index contributed by atoms with van der Waals surface area (Å²) in [6, 6.07) is 3.87. The van der Waals surface area contributed by atoms with Crippen LogP contribution >= 0.6 is 11.8 Å². The van der Waals surface area contributed by atoms with Gasteiger partial charge in [-0.25, -0.2) is 0 Å². The topological polar surface area (TPSA) is 50.2 Å². The second-order valence-electron chi connectivity index (χ2n) is 4.69. The molecule has 1 aliphatic rings. The average Bonchev–Trinajstić information content (AvgIpc) is 2.47. The summed E-state index contributed by atoms with van der Waals surface area (Å²) >= 11 is 1.83. The van der Waals surface area contributed by atoms with E-state index in [9.17, 15) is 0 Å². The van der Waals surface area contributed by atoms with Crippen LogP contribution in [-0.2, 0) is 6.54 Å². The zero-order valence-corrected chi connectivity index (χ0v) is 11.8. The van der Waals surface area contributed by atoms with Gasteiger partial charge in [0.25, 0.3) is 0 Å². The van der Waals surface area contributed by atoms with E-state index in [4.69, 9.17) is 0 Å². The summed E-state index contributed by atoms with van der Waals surface area (Å²) in [5.41, 5.74) is 1.35. The number of rotatable bonds is 4. The van der Waals surface area contributed by atoms with Gasteiger partial charge >= 0.3 is 0 Å². The summed E-state index contributed by atoms with van der Waals surface area (Å²) in [7, 11) is 0. The van der Waals surface area contributed by atoms with Gasteiger partial charge in [-0.2, -0.15) is 10.2 Å². The number of hydrogen-bond acceptors (Lipinski definition) is 5. The molecule has 1 aliphatic heterocycles. The standard InChI is InChI=1S/C13H20N4S/c1-3-13(4-2)9-15-12(18-10-13)14-8-11-6-5-7-16-17-11/h5-7H,3-4,8-10H2,1-2H3,(H,14,15). The molecule has 0 bridgehead atoms.